The van der Waals surface area contributed by atoms with Crippen molar-refractivity contribution in [2.45, 2.75) is 19.8 Å². The molecule has 0 atom stereocenters. The van der Waals surface area contributed by atoms with E-state index in [4.69, 9.17) is 17.0 Å². The lowest BCUT2D eigenvalue weighted by molar-refractivity contribution is 0.309. The number of hydrogen-bond donors (Lipinski definition) is 1. The van der Waals surface area contributed by atoms with E-state index in [9.17, 15) is 0 Å². The van der Waals surface area contributed by atoms with Gasteiger partial charge in [0.2, 0.25) is 0 Å². The number of aromatic amines is 1. The smallest absolute Gasteiger partial charge is 0.195 e. The number of ether oxygens (including phenoxy) is 1. The van der Waals surface area contributed by atoms with Crippen LogP contribution in [0.25, 0.3) is 11.4 Å². The van der Waals surface area contributed by atoms with E-state index >= 15 is 0 Å². The summed E-state index contributed by atoms with van der Waals surface area (Å²) in [5.41, 5.74) is 1.02. The first-order chi connectivity index (χ1) is 8.72. The first kappa shape index (κ1) is 12.8. The van der Waals surface area contributed by atoms with Crippen molar-refractivity contribution < 1.29 is 4.74 Å². The Morgan fingerprint density at radius 1 is 1.33 bits per heavy atom. The number of benzene rings is 1. The normalized spacial score (nSPS) is 10.6. The molecule has 0 aliphatic rings. The van der Waals surface area contributed by atoms with Crippen molar-refractivity contribution in [1.29, 1.82) is 0 Å². The molecule has 1 aromatic heterocycles. The molecule has 0 unspecified atom stereocenters. The summed E-state index contributed by atoms with van der Waals surface area (Å²) in [5, 5.41) is 6.97. The van der Waals surface area contributed by atoms with E-state index in [-0.39, 0.29) is 0 Å². The second-order valence-corrected chi connectivity index (χ2v) is 4.52. The summed E-state index contributed by atoms with van der Waals surface area (Å²) in [4.78, 5) is 0. The molecule has 1 aromatic carbocycles. The molecule has 0 amide bonds. The van der Waals surface area contributed by atoms with Crippen molar-refractivity contribution in [2.75, 3.05) is 6.61 Å². The van der Waals surface area contributed by atoms with Gasteiger partial charge in [-0.15, -0.1) is 0 Å². The summed E-state index contributed by atoms with van der Waals surface area (Å²) in [6.45, 7) is 2.92. The van der Waals surface area contributed by atoms with Crippen molar-refractivity contribution in [3.8, 4) is 17.1 Å². The van der Waals surface area contributed by atoms with Gasteiger partial charge in [0.1, 0.15) is 5.75 Å². The minimum atomic E-state index is 0.619. The molecule has 0 saturated heterocycles. The monoisotopic (exact) mass is 263 g/mol. The van der Waals surface area contributed by atoms with Gasteiger partial charge in [-0.2, -0.15) is 5.10 Å². The Morgan fingerprint density at radius 2 is 2.06 bits per heavy atom. The van der Waals surface area contributed by atoms with Crippen LogP contribution in [0.4, 0.5) is 0 Å². The summed E-state index contributed by atoms with van der Waals surface area (Å²) >= 11 is 5.09. The lowest BCUT2D eigenvalue weighted by Crippen LogP contribution is -1.96. The third-order valence-corrected chi connectivity index (χ3v) is 3.12. The molecule has 2 rings (SSSR count). The van der Waals surface area contributed by atoms with Crippen LogP contribution in [0, 0.1) is 4.77 Å². The van der Waals surface area contributed by atoms with Gasteiger partial charge >= 0.3 is 0 Å². The Bertz CT molecular complexity index is 556. The standard InChI is InChI=1S/C13H17N3OS/c1-3-4-9-17-11-7-5-10(6-8-11)12-14-15-13(18)16(12)2/h5-8H,3-4,9H2,1-2H3,(H,15,18). The number of hydrogen-bond acceptors (Lipinski definition) is 3. The Labute approximate surface area is 112 Å². The first-order valence-electron chi connectivity index (χ1n) is 6.07. The quantitative estimate of drug-likeness (QED) is 0.664. The van der Waals surface area contributed by atoms with Crippen molar-refractivity contribution in [1.82, 2.24) is 14.8 Å². The molecule has 0 aliphatic carbocycles. The second kappa shape index (κ2) is 5.82. The van der Waals surface area contributed by atoms with Crippen LogP contribution in [-0.4, -0.2) is 21.4 Å². The van der Waals surface area contributed by atoms with Crippen LogP contribution in [0.1, 0.15) is 19.8 Å². The van der Waals surface area contributed by atoms with Gasteiger partial charge < -0.3 is 9.30 Å². The molecule has 0 spiro atoms. The number of H-pyrrole nitrogens is 1. The third-order valence-electron chi connectivity index (χ3n) is 2.76. The highest BCUT2D eigenvalue weighted by atomic mass is 32.1. The zero-order valence-electron chi connectivity index (χ0n) is 10.6. The van der Waals surface area contributed by atoms with Gasteiger partial charge in [-0.05, 0) is 42.9 Å². The van der Waals surface area contributed by atoms with E-state index in [1.54, 1.807) is 0 Å². The van der Waals surface area contributed by atoms with Gasteiger partial charge in [0, 0.05) is 12.6 Å². The second-order valence-electron chi connectivity index (χ2n) is 4.14. The minimum absolute atomic E-state index is 0.619. The molecule has 1 N–H and O–H groups in total. The zero-order chi connectivity index (χ0) is 13.0. The van der Waals surface area contributed by atoms with Gasteiger partial charge in [0.25, 0.3) is 0 Å². The van der Waals surface area contributed by atoms with E-state index in [0.717, 1.165) is 36.6 Å². The molecule has 0 saturated carbocycles. The molecule has 0 bridgehead atoms. The summed E-state index contributed by atoms with van der Waals surface area (Å²) < 4.78 is 8.09. The number of nitrogens with one attached hydrogen (secondary N) is 1. The summed E-state index contributed by atoms with van der Waals surface area (Å²) in [6.07, 6.45) is 2.22. The number of nitrogens with zero attached hydrogens (tertiary/aromatic N) is 2. The van der Waals surface area contributed by atoms with Crippen molar-refractivity contribution in [3.05, 3.63) is 29.0 Å². The molecule has 0 fully saturated rings. The van der Waals surface area contributed by atoms with Crippen molar-refractivity contribution in [3.63, 3.8) is 0 Å². The van der Waals surface area contributed by atoms with Crippen molar-refractivity contribution in [2.24, 2.45) is 7.05 Å². The van der Waals surface area contributed by atoms with E-state index in [0.29, 0.717) is 4.77 Å². The average Bonchev–Trinajstić information content (AvgIpc) is 2.72. The molecule has 0 radical (unpaired) electrons. The maximum absolute atomic E-state index is 5.62. The van der Waals surface area contributed by atoms with Crippen LogP contribution < -0.4 is 4.74 Å². The molecule has 5 heteroatoms. The van der Waals surface area contributed by atoms with Gasteiger partial charge in [-0.3, -0.25) is 5.10 Å². The topological polar surface area (TPSA) is 42.8 Å². The molecule has 4 nitrogen and oxygen atoms in total. The average molecular weight is 263 g/mol. The predicted molar refractivity (Wildman–Crippen MR) is 74.2 cm³/mol. The van der Waals surface area contributed by atoms with Gasteiger partial charge in [-0.25, -0.2) is 0 Å². The lowest BCUT2D eigenvalue weighted by atomic mass is 10.2. The minimum Gasteiger partial charge on any atom is -0.494 e. The predicted octanol–water partition coefficient (Wildman–Crippen LogP) is 3.32. The Balaban J connectivity index is 2.12. The fraction of sp³-hybridized carbons (Fsp3) is 0.385. The molecule has 1 heterocycles. The van der Waals surface area contributed by atoms with E-state index in [2.05, 4.69) is 17.1 Å². The highest BCUT2D eigenvalue weighted by Crippen LogP contribution is 2.20. The summed E-state index contributed by atoms with van der Waals surface area (Å²) in [7, 11) is 1.90. The highest BCUT2D eigenvalue weighted by molar-refractivity contribution is 7.71. The van der Waals surface area contributed by atoms with Crippen LogP contribution in [0.2, 0.25) is 0 Å². The van der Waals surface area contributed by atoms with Gasteiger partial charge in [0.15, 0.2) is 10.6 Å². The SMILES string of the molecule is CCCCOc1ccc(-c2n[nH]c(=S)n2C)cc1. The van der Waals surface area contributed by atoms with Gasteiger partial charge in [-0.1, -0.05) is 13.3 Å². The Morgan fingerprint density at radius 3 is 2.61 bits per heavy atom. The molecular formula is C13H17N3OS. The van der Waals surface area contributed by atoms with Crippen LogP contribution in [-0.2, 0) is 7.05 Å². The molecular weight excluding hydrogens is 246 g/mol. The van der Waals surface area contributed by atoms with Crippen LogP contribution >= 0.6 is 12.2 Å². The Hall–Kier alpha value is -1.62. The first-order valence-corrected chi connectivity index (χ1v) is 6.48. The molecule has 0 aliphatic heterocycles. The lowest BCUT2D eigenvalue weighted by Gasteiger charge is -2.06. The fourth-order valence-corrected chi connectivity index (χ4v) is 1.77. The summed E-state index contributed by atoms with van der Waals surface area (Å²) in [5.74, 6) is 1.73. The fourth-order valence-electron chi connectivity index (χ4n) is 1.64. The van der Waals surface area contributed by atoms with Gasteiger partial charge in [0.05, 0.1) is 6.61 Å². The number of aromatic nitrogens is 3. The summed E-state index contributed by atoms with van der Waals surface area (Å²) in [6, 6.07) is 7.91. The largest absolute Gasteiger partial charge is 0.494 e. The maximum Gasteiger partial charge on any atom is 0.195 e. The number of rotatable bonds is 5. The van der Waals surface area contributed by atoms with E-state index in [1.165, 1.54) is 0 Å². The van der Waals surface area contributed by atoms with Crippen LogP contribution in [0.5, 0.6) is 5.75 Å². The zero-order valence-corrected chi connectivity index (χ0v) is 11.5. The number of unbranched alkanes of at least 4 members (excludes halogenated alkanes) is 1. The van der Waals surface area contributed by atoms with E-state index < -0.39 is 0 Å². The molecule has 2 aromatic rings. The highest BCUT2D eigenvalue weighted by Gasteiger charge is 2.05. The molecule has 96 valence electrons. The van der Waals surface area contributed by atoms with Crippen LogP contribution in [0.15, 0.2) is 24.3 Å². The Kier molecular flexibility index (Phi) is 4.15. The molecule has 18 heavy (non-hydrogen) atoms. The van der Waals surface area contributed by atoms with Crippen LogP contribution in [0.3, 0.4) is 0 Å². The van der Waals surface area contributed by atoms with Crippen molar-refractivity contribution >= 4 is 12.2 Å². The third kappa shape index (κ3) is 2.79. The van der Waals surface area contributed by atoms with E-state index in [1.807, 2.05) is 35.9 Å². The maximum atomic E-state index is 5.62.